The molecule has 4 aromatic rings. The molecule has 0 atom stereocenters. The summed E-state index contributed by atoms with van der Waals surface area (Å²) < 4.78 is 27.9. The van der Waals surface area contributed by atoms with Crippen molar-refractivity contribution in [2.75, 3.05) is 11.9 Å². The van der Waals surface area contributed by atoms with Crippen molar-refractivity contribution in [2.24, 2.45) is 5.73 Å². The number of hydrogen-bond donors (Lipinski definition) is 2. The number of nitrogens with two attached hydrogens (primary N) is 1. The fourth-order valence-electron chi connectivity index (χ4n) is 3.19. The number of para-hydroxylation sites is 1. The minimum atomic E-state index is -3.99. The highest BCUT2D eigenvalue weighted by atomic mass is 32.2. The predicted octanol–water partition coefficient (Wildman–Crippen LogP) is 2.71. The van der Waals surface area contributed by atoms with E-state index in [0.29, 0.717) is 22.0 Å². The van der Waals surface area contributed by atoms with Gasteiger partial charge in [0.15, 0.2) is 0 Å². The molecule has 4 rings (SSSR count). The van der Waals surface area contributed by atoms with Gasteiger partial charge < -0.3 is 11.1 Å². The molecule has 1 amide bonds. The first-order chi connectivity index (χ1) is 13.5. The molecule has 8 heteroatoms. The van der Waals surface area contributed by atoms with Crippen molar-refractivity contribution < 1.29 is 13.2 Å². The van der Waals surface area contributed by atoms with Crippen LogP contribution in [0.4, 0.5) is 5.69 Å². The van der Waals surface area contributed by atoms with Gasteiger partial charge in [-0.1, -0.05) is 48.5 Å². The first-order valence-electron chi connectivity index (χ1n) is 8.72. The van der Waals surface area contributed by atoms with Gasteiger partial charge in [-0.2, -0.15) is 17.6 Å². The maximum absolute atomic E-state index is 13.5. The lowest BCUT2D eigenvalue weighted by Gasteiger charge is -2.12. The molecule has 142 valence electrons. The van der Waals surface area contributed by atoms with Crippen LogP contribution in [0.15, 0.2) is 71.8 Å². The van der Waals surface area contributed by atoms with Gasteiger partial charge in [0, 0.05) is 23.7 Å². The van der Waals surface area contributed by atoms with Crippen LogP contribution < -0.4 is 11.1 Å². The summed E-state index contributed by atoms with van der Waals surface area (Å²) in [5.74, 6) is -0.287. The van der Waals surface area contributed by atoms with Gasteiger partial charge >= 0.3 is 0 Å². The molecule has 1 aromatic heterocycles. The lowest BCUT2D eigenvalue weighted by atomic mass is 10.1. The lowest BCUT2D eigenvalue weighted by Crippen LogP contribution is -2.19. The van der Waals surface area contributed by atoms with E-state index in [4.69, 9.17) is 5.73 Å². The Kier molecular flexibility index (Phi) is 4.58. The zero-order valence-electron chi connectivity index (χ0n) is 14.9. The zero-order chi connectivity index (χ0) is 19.7. The lowest BCUT2D eigenvalue weighted by molar-refractivity contribution is -0.116. The van der Waals surface area contributed by atoms with Gasteiger partial charge in [-0.15, -0.1) is 0 Å². The topological polar surface area (TPSA) is 107 Å². The summed E-state index contributed by atoms with van der Waals surface area (Å²) in [5.41, 5.74) is 6.12. The van der Waals surface area contributed by atoms with Crippen molar-refractivity contribution in [3.8, 4) is 0 Å². The maximum atomic E-state index is 13.5. The normalized spacial score (nSPS) is 11.8. The summed E-state index contributed by atoms with van der Waals surface area (Å²) in [6.07, 6.45) is 1.61. The molecule has 0 fully saturated rings. The van der Waals surface area contributed by atoms with E-state index in [1.54, 1.807) is 42.5 Å². The molecule has 0 radical (unpaired) electrons. The van der Waals surface area contributed by atoms with Gasteiger partial charge in [0.1, 0.15) is 5.52 Å². The first-order valence-corrected chi connectivity index (χ1v) is 10.2. The van der Waals surface area contributed by atoms with E-state index in [9.17, 15) is 13.2 Å². The third kappa shape index (κ3) is 3.02. The summed E-state index contributed by atoms with van der Waals surface area (Å²) >= 11 is 0. The van der Waals surface area contributed by atoms with Crippen LogP contribution in [-0.2, 0) is 14.8 Å². The molecule has 0 aliphatic rings. The van der Waals surface area contributed by atoms with Crippen molar-refractivity contribution in [3.63, 3.8) is 0 Å². The molecule has 1 heterocycles. The van der Waals surface area contributed by atoms with E-state index >= 15 is 0 Å². The van der Waals surface area contributed by atoms with E-state index in [-0.39, 0.29) is 23.8 Å². The van der Waals surface area contributed by atoms with Crippen molar-refractivity contribution in [2.45, 2.75) is 11.3 Å². The fourth-order valence-corrected chi connectivity index (χ4v) is 4.71. The molecule has 0 saturated heterocycles. The molecule has 3 aromatic carbocycles. The van der Waals surface area contributed by atoms with Crippen molar-refractivity contribution in [3.05, 3.63) is 66.9 Å². The Labute approximate surface area is 161 Å². The van der Waals surface area contributed by atoms with Crippen LogP contribution in [0.2, 0.25) is 0 Å². The second kappa shape index (κ2) is 7.06. The van der Waals surface area contributed by atoms with E-state index in [0.717, 1.165) is 9.47 Å². The Bertz CT molecular complexity index is 1290. The monoisotopic (exact) mass is 394 g/mol. The number of fused-ring (bicyclic) bond motifs is 2. The number of carbonyl (C=O) groups excluding carboxylic acids is 1. The van der Waals surface area contributed by atoms with E-state index in [2.05, 4.69) is 10.4 Å². The Morgan fingerprint density at radius 2 is 1.71 bits per heavy atom. The Balaban J connectivity index is 1.92. The highest BCUT2D eigenvalue weighted by molar-refractivity contribution is 7.90. The van der Waals surface area contributed by atoms with Crippen LogP contribution >= 0.6 is 0 Å². The van der Waals surface area contributed by atoms with Gasteiger partial charge in [-0.3, -0.25) is 4.79 Å². The summed E-state index contributed by atoms with van der Waals surface area (Å²) in [5, 5.41) is 8.88. The number of nitrogens with zero attached hydrogens (tertiary/aromatic N) is 2. The van der Waals surface area contributed by atoms with Crippen LogP contribution in [-0.4, -0.2) is 30.1 Å². The second-order valence-electron chi connectivity index (χ2n) is 6.30. The highest BCUT2D eigenvalue weighted by Gasteiger charge is 2.24. The number of anilines is 1. The molecule has 0 spiro atoms. The molecule has 28 heavy (non-hydrogen) atoms. The van der Waals surface area contributed by atoms with Crippen molar-refractivity contribution >= 4 is 43.3 Å². The zero-order valence-corrected chi connectivity index (χ0v) is 15.7. The molecule has 0 bridgehead atoms. The molecular formula is C20H18N4O3S. The second-order valence-corrected chi connectivity index (χ2v) is 8.04. The molecule has 7 nitrogen and oxygen atoms in total. The van der Waals surface area contributed by atoms with Gasteiger partial charge in [0.2, 0.25) is 5.91 Å². The van der Waals surface area contributed by atoms with Gasteiger partial charge in [-0.05, 0) is 17.5 Å². The molecule has 0 saturated carbocycles. The third-order valence-electron chi connectivity index (χ3n) is 4.46. The largest absolute Gasteiger partial charge is 0.330 e. The number of amides is 1. The molecule has 0 aliphatic heterocycles. The summed E-state index contributed by atoms with van der Waals surface area (Å²) in [4.78, 5) is 12.2. The van der Waals surface area contributed by atoms with Gasteiger partial charge in [0.05, 0.1) is 16.8 Å². The number of rotatable bonds is 5. The number of aromatic nitrogens is 2. The summed E-state index contributed by atoms with van der Waals surface area (Å²) in [7, 11) is -3.99. The summed E-state index contributed by atoms with van der Waals surface area (Å²) in [6.45, 7) is 0.204. The minimum Gasteiger partial charge on any atom is -0.330 e. The van der Waals surface area contributed by atoms with Gasteiger partial charge in [-0.25, -0.2) is 0 Å². The minimum absolute atomic E-state index is 0.139. The summed E-state index contributed by atoms with van der Waals surface area (Å²) in [6, 6.07) is 17.5. The third-order valence-corrected chi connectivity index (χ3v) is 6.10. The molecule has 0 unspecified atom stereocenters. The maximum Gasteiger partial charge on any atom is 0.284 e. The smallest absolute Gasteiger partial charge is 0.284 e. The van der Waals surface area contributed by atoms with E-state index < -0.39 is 10.0 Å². The first kappa shape index (κ1) is 18.1. The van der Waals surface area contributed by atoms with Crippen LogP contribution in [0.1, 0.15) is 6.42 Å². The molecule has 3 N–H and O–H groups in total. The molecule has 0 aliphatic carbocycles. The van der Waals surface area contributed by atoms with Crippen LogP contribution in [0.25, 0.3) is 21.7 Å². The SMILES string of the molecule is NCCC(=O)Nc1cccc2cnn(S(=O)(=O)c3cccc4ccccc34)c12. The van der Waals surface area contributed by atoms with Crippen LogP contribution in [0.5, 0.6) is 0 Å². The quantitative estimate of drug-likeness (QED) is 0.541. The fraction of sp³-hybridized carbons (Fsp3) is 0.100. The average Bonchev–Trinajstić information content (AvgIpc) is 3.14. The highest BCUT2D eigenvalue weighted by Crippen LogP contribution is 2.30. The molecular weight excluding hydrogens is 376 g/mol. The number of nitrogens with one attached hydrogen (secondary N) is 1. The van der Waals surface area contributed by atoms with Crippen molar-refractivity contribution in [1.29, 1.82) is 0 Å². The average molecular weight is 394 g/mol. The predicted molar refractivity (Wildman–Crippen MR) is 109 cm³/mol. The van der Waals surface area contributed by atoms with Gasteiger partial charge in [0.25, 0.3) is 10.0 Å². The number of hydrogen-bond acceptors (Lipinski definition) is 5. The van der Waals surface area contributed by atoms with Crippen molar-refractivity contribution in [1.82, 2.24) is 9.19 Å². The van der Waals surface area contributed by atoms with Crippen LogP contribution in [0.3, 0.4) is 0 Å². The number of benzene rings is 3. The number of carbonyl (C=O) groups is 1. The standard InChI is InChI=1S/C20H18N4O3S/c21-12-11-19(25)23-17-9-3-7-15-13-22-24(20(15)17)28(26,27)18-10-4-6-14-5-1-2-8-16(14)18/h1-10,13H,11-12,21H2,(H,23,25). The van der Waals surface area contributed by atoms with E-state index in [1.165, 1.54) is 6.20 Å². The Hall–Kier alpha value is -3.23. The Morgan fingerprint density at radius 1 is 1.00 bits per heavy atom. The van der Waals surface area contributed by atoms with E-state index in [1.807, 2.05) is 18.2 Å². The van der Waals surface area contributed by atoms with Crippen LogP contribution in [0, 0.1) is 0 Å². The Morgan fingerprint density at radius 3 is 2.54 bits per heavy atom.